The van der Waals surface area contributed by atoms with Crippen molar-refractivity contribution >= 4 is 0 Å². The van der Waals surface area contributed by atoms with Gasteiger partial charge in [0.1, 0.15) is 0 Å². The molecule has 0 saturated carbocycles. The number of hydrogen-bond acceptors (Lipinski definition) is 0. The van der Waals surface area contributed by atoms with Crippen LogP contribution in [0.3, 0.4) is 0 Å². The molecule has 35 heavy (non-hydrogen) atoms. The van der Waals surface area contributed by atoms with E-state index in [1.807, 2.05) is 0 Å². The molecule has 0 saturated heterocycles. The molecule has 0 aliphatic rings. The normalized spacial score (nSPS) is 10.6. The maximum absolute atomic E-state index is 2.30. The molecular formula is C35H42. The number of aryl methyl sites for hydroxylation is 6. The van der Waals surface area contributed by atoms with E-state index in [2.05, 4.69) is 128 Å². The number of rotatable bonds is 5. The third kappa shape index (κ3) is 6.95. The zero-order chi connectivity index (χ0) is 25.5. The highest BCUT2D eigenvalue weighted by Crippen LogP contribution is 2.26. The van der Waals surface area contributed by atoms with Crippen LogP contribution in [0.5, 0.6) is 0 Å². The van der Waals surface area contributed by atoms with Crippen LogP contribution >= 0.6 is 0 Å². The van der Waals surface area contributed by atoms with Crippen LogP contribution in [0.25, 0.3) is 22.3 Å². The lowest BCUT2D eigenvalue weighted by molar-refractivity contribution is 0.795. The third-order valence-corrected chi connectivity index (χ3v) is 7.35. The van der Waals surface area contributed by atoms with Crippen molar-refractivity contribution in [3.63, 3.8) is 0 Å². The Kier molecular flexibility index (Phi) is 9.10. The quantitative estimate of drug-likeness (QED) is 0.277. The summed E-state index contributed by atoms with van der Waals surface area (Å²) < 4.78 is 0. The molecule has 0 amide bonds. The van der Waals surface area contributed by atoms with Gasteiger partial charge in [-0.3, -0.25) is 0 Å². The molecule has 4 aromatic rings. The van der Waals surface area contributed by atoms with E-state index in [9.17, 15) is 0 Å². The van der Waals surface area contributed by atoms with Crippen molar-refractivity contribution in [3.05, 3.63) is 117 Å². The van der Waals surface area contributed by atoms with Crippen LogP contribution in [0.2, 0.25) is 0 Å². The van der Waals surface area contributed by atoms with Gasteiger partial charge in [-0.05, 0) is 123 Å². The molecule has 182 valence electrons. The summed E-state index contributed by atoms with van der Waals surface area (Å²) in [6, 6.07) is 26.9. The Morgan fingerprint density at radius 1 is 0.457 bits per heavy atom. The summed E-state index contributed by atoms with van der Waals surface area (Å²) in [7, 11) is 0. The molecule has 0 unspecified atom stereocenters. The van der Waals surface area contributed by atoms with Crippen molar-refractivity contribution < 1.29 is 0 Å². The average molecular weight is 463 g/mol. The van der Waals surface area contributed by atoms with Crippen LogP contribution in [0.4, 0.5) is 0 Å². The van der Waals surface area contributed by atoms with E-state index in [1.54, 1.807) is 0 Å². The van der Waals surface area contributed by atoms with E-state index in [1.165, 1.54) is 86.0 Å². The summed E-state index contributed by atoms with van der Waals surface area (Å²) in [5.74, 6) is 0. The SMILES string of the molecule is CCCCc1ccc(-c2cc(C)c(C)c(C)c2)cc1.Cc1ccc(-c2cc(C)c(C)c(C)c2)cc1. The molecule has 4 aromatic carbocycles. The van der Waals surface area contributed by atoms with Gasteiger partial charge in [-0.2, -0.15) is 0 Å². The van der Waals surface area contributed by atoms with Crippen LogP contribution in [-0.4, -0.2) is 0 Å². The van der Waals surface area contributed by atoms with Crippen LogP contribution in [-0.2, 0) is 6.42 Å². The lowest BCUT2D eigenvalue weighted by atomic mass is 9.95. The minimum Gasteiger partial charge on any atom is -0.0654 e. The summed E-state index contributed by atoms with van der Waals surface area (Å²) in [4.78, 5) is 0. The van der Waals surface area contributed by atoms with Gasteiger partial charge in [-0.15, -0.1) is 0 Å². The van der Waals surface area contributed by atoms with Crippen LogP contribution in [0.15, 0.2) is 72.8 Å². The predicted molar refractivity (Wildman–Crippen MR) is 156 cm³/mol. The first-order valence-corrected chi connectivity index (χ1v) is 13.0. The molecule has 0 atom stereocenters. The smallest absolute Gasteiger partial charge is 0.0179 e. The van der Waals surface area contributed by atoms with Crippen LogP contribution in [0.1, 0.15) is 64.3 Å². The first-order valence-electron chi connectivity index (χ1n) is 13.0. The van der Waals surface area contributed by atoms with Crippen molar-refractivity contribution in [3.8, 4) is 22.3 Å². The molecule has 0 bridgehead atoms. The first-order chi connectivity index (χ1) is 16.7. The maximum Gasteiger partial charge on any atom is -0.0179 e. The molecule has 0 spiro atoms. The second-order valence-corrected chi connectivity index (χ2v) is 10.1. The third-order valence-electron chi connectivity index (χ3n) is 7.35. The summed E-state index contributed by atoms with van der Waals surface area (Å²) in [6.45, 7) is 17.5. The summed E-state index contributed by atoms with van der Waals surface area (Å²) in [6.07, 6.45) is 3.74. The summed E-state index contributed by atoms with van der Waals surface area (Å²) in [5.41, 5.74) is 16.3. The molecule has 0 heteroatoms. The molecule has 0 N–H and O–H groups in total. The standard InChI is InChI=1S/C19H24.C16H18/c1-5-6-7-17-8-10-18(11-9-17)19-12-14(2)16(4)15(3)13-19;1-11-5-7-15(8-6-11)16-9-12(2)14(4)13(3)10-16/h8-13H,5-7H2,1-4H3;5-10H,1-4H3. The van der Waals surface area contributed by atoms with Gasteiger partial charge in [0, 0.05) is 0 Å². The van der Waals surface area contributed by atoms with Gasteiger partial charge < -0.3 is 0 Å². The Bertz CT molecular complexity index is 1210. The average Bonchev–Trinajstić information content (AvgIpc) is 2.85. The lowest BCUT2D eigenvalue weighted by Gasteiger charge is -2.10. The topological polar surface area (TPSA) is 0 Å². The van der Waals surface area contributed by atoms with Crippen molar-refractivity contribution in [1.29, 1.82) is 0 Å². The highest BCUT2D eigenvalue weighted by Gasteiger charge is 2.04. The summed E-state index contributed by atoms with van der Waals surface area (Å²) >= 11 is 0. The lowest BCUT2D eigenvalue weighted by Crippen LogP contribution is -1.89. The first kappa shape index (κ1) is 26.5. The van der Waals surface area contributed by atoms with Gasteiger partial charge in [-0.1, -0.05) is 91.7 Å². The fraction of sp³-hybridized carbons (Fsp3) is 0.314. The zero-order valence-corrected chi connectivity index (χ0v) is 23.0. The predicted octanol–water partition coefficient (Wildman–Crippen LogP) is 10.2. The van der Waals surface area contributed by atoms with E-state index >= 15 is 0 Å². The molecule has 0 aliphatic carbocycles. The Labute approximate surface area is 214 Å². The van der Waals surface area contributed by atoms with E-state index in [0.29, 0.717) is 0 Å². The van der Waals surface area contributed by atoms with Crippen LogP contribution in [0, 0.1) is 48.5 Å². The van der Waals surface area contributed by atoms with Crippen molar-refractivity contribution in [2.24, 2.45) is 0 Å². The molecule has 0 nitrogen and oxygen atoms in total. The monoisotopic (exact) mass is 462 g/mol. The maximum atomic E-state index is 2.30. The van der Waals surface area contributed by atoms with Gasteiger partial charge >= 0.3 is 0 Å². The number of benzene rings is 4. The van der Waals surface area contributed by atoms with E-state index in [4.69, 9.17) is 0 Å². The molecular weight excluding hydrogens is 420 g/mol. The second-order valence-electron chi connectivity index (χ2n) is 10.1. The highest BCUT2D eigenvalue weighted by molar-refractivity contribution is 5.67. The minimum absolute atomic E-state index is 1.20. The van der Waals surface area contributed by atoms with Gasteiger partial charge in [0.05, 0.1) is 0 Å². The minimum atomic E-state index is 1.20. The van der Waals surface area contributed by atoms with Gasteiger partial charge in [0.15, 0.2) is 0 Å². The van der Waals surface area contributed by atoms with Gasteiger partial charge in [0.25, 0.3) is 0 Å². The van der Waals surface area contributed by atoms with Crippen LogP contribution < -0.4 is 0 Å². The van der Waals surface area contributed by atoms with E-state index < -0.39 is 0 Å². The Balaban J connectivity index is 0.000000198. The zero-order valence-electron chi connectivity index (χ0n) is 23.0. The molecule has 0 fully saturated rings. The summed E-state index contributed by atoms with van der Waals surface area (Å²) in [5, 5.41) is 0. The molecule has 0 aliphatic heterocycles. The number of unbranched alkanes of at least 4 members (excludes halogenated alkanes) is 1. The fourth-order valence-electron chi connectivity index (χ4n) is 4.40. The number of hydrogen-bond donors (Lipinski definition) is 0. The molecule has 4 rings (SSSR count). The van der Waals surface area contributed by atoms with E-state index in [-0.39, 0.29) is 0 Å². The Morgan fingerprint density at radius 2 is 0.829 bits per heavy atom. The Morgan fingerprint density at radius 3 is 1.20 bits per heavy atom. The molecule has 0 aromatic heterocycles. The largest absolute Gasteiger partial charge is 0.0654 e. The van der Waals surface area contributed by atoms with Gasteiger partial charge in [0.2, 0.25) is 0 Å². The van der Waals surface area contributed by atoms with Crippen molar-refractivity contribution in [2.75, 3.05) is 0 Å². The molecule has 0 radical (unpaired) electrons. The fourth-order valence-corrected chi connectivity index (χ4v) is 4.40. The van der Waals surface area contributed by atoms with Crippen molar-refractivity contribution in [2.45, 2.75) is 74.7 Å². The molecule has 0 heterocycles. The van der Waals surface area contributed by atoms with Gasteiger partial charge in [-0.25, -0.2) is 0 Å². The highest BCUT2D eigenvalue weighted by atomic mass is 14.1. The Hall–Kier alpha value is -3.12. The second kappa shape index (κ2) is 12.0. The van der Waals surface area contributed by atoms with Crippen molar-refractivity contribution in [1.82, 2.24) is 0 Å². The van der Waals surface area contributed by atoms with E-state index in [0.717, 1.165) is 0 Å².